The number of amides is 1. The van der Waals surface area contributed by atoms with Crippen LogP contribution in [0.3, 0.4) is 0 Å². The number of hydrogen-bond acceptors (Lipinski definition) is 2. The number of hydrogen-bond donors (Lipinski definition) is 2. The first kappa shape index (κ1) is 12.9. The van der Waals surface area contributed by atoms with Crippen LogP contribution in [-0.4, -0.2) is 17.6 Å². The van der Waals surface area contributed by atoms with Gasteiger partial charge in [0.25, 0.3) is 5.91 Å². The Hall–Kier alpha value is -1.51. The zero-order valence-electron chi connectivity index (χ0n) is 11.1. The van der Waals surface area contributed by atoms with Gasteiger partial charge in [-0.3, -0.25) is 4.79 Å². The van der Waals surface area contributed by atoms with Crippen LogP contribution in [0.2, 0.25) is 0 Å². The minimum absolute atomic E-state index is 0.0628. The molecule has 0 bridgehead atoms. The van der Waals surface area contributed by atoms with Crippen LogP contribution in [0.15, 0.2) is 18.2 Å². The lowest BCUT2D eigenvalue weighted by Gasteiger charge is -2.15. The van der Waals surface area contributed by atoms with Gasteiger partial charge in [0, 0.05) is 6.54 Å². The normalized spacial score (nSPS) is 16.3. The molecule has 98 valence electrons. The number of aryl methyl sites for hydroxylation is 1. The van der Waals surface area contributed by atoms with Crippen molar-refractivity contribution in [1.82, 2.24) is 5.32 Å². The molecule has 0 atom stereocenters. The summed E-state index contributed by atoms with van der Waals surface area (Å²) in [6.07, 6.45) is 4.75. The summed E-state index contributed by atoms with van der Waals surface area (Å²) in [5, 5.41) is 12.7. The Morgan fingerprint density at radius 2 is 2.17 bits per heavy atom. The average molecular weight is 247 g/mol. The van der Waals surface area contributed by atoms with Crippen molar-refractivity contribution in [1.29, 1.82) is 0 Å². The fraction of sp³-hybridized carbons (Fsp3) is 0.533. The van der Waals surface area contributed by atoms with Crippen molar-refractivity contribution in [3.63, 3.8) is 0 Å². The molecule has 0 heterocycles. The Morgan fingerprint density at radius 1 is 1.44 bits per heavy atom. The van der Waals surface area contributed by atoms with Crippen molar-refractivity contribution in [2.24, 2.45) is 5.41 Å². The van der Waals surface area contributed by atoms with Crippen LogP contribution in [0, 0.1) is 12.3 Å². The van der Waals surface area contributed by atoms with E-state index in [0.717, 1.165) is 18.5 Å². The highest BCUT2D eigenvalue weighted by molar-refractivity contribution is 5.96. The van der Waals surface area contributed by atoms with Gasteiger partial charge in [-0.2, -0.15) is 0 Å². The lowest BCUT2D eigenvalue weighted by Crippen LogP contribution is -2.30. The SMILES string of the molecule is CCCC1(CNC(=O)c2ccc(C)cc2O)CC1. The smallest absolute Gasteiger partial charge is 0.255 e. The van der Waals surface area contributed by atoms with Gasteiger partial charge in [-0.05, 0) is 49.3 Å². The topological polar surface area (TPSA) is 49.3 Å². The summed E-state index contributed by atoms with van der Waals surface area (Å²) in [7, 11) is 0. The second-order valence-electron chi connectivity index (χ2n) is 5.45. The fourth-order valence-electron chi connectivity index (χ4n) is 2.42. The number of carbonyl (C=O) groups excluding carboxylic acids is 1. The lowest BCUT2D eigenvalue weighted by molar-refractivity contribution is 0.0941. The molecule has 2 rings (SSSR count). The van der Waals surface area contributed by atoms with E-state index >= 15 is 0 Å². The minimum atomic E-state index is -0.171. The average Bonchev–Trinajstić information content (AvgIpc) is 3.07. The maximum atomic E-state index is 12.0. The van der Waals surface area contributed by atoms with Crippen LogP contribution in [0.4, 0.5) is 0 Å². The predicted octanol–water partition coefficient (Wildman–Crippen LogP) is 3.01. The zero-order chi connectivity index (χ0) is 13.2. The first-order valence-corrected chi connectivity index (χ1v) is 6.64. The van der Waals surface area contributed by atoms with Gasteiger partial charge in [-0.25, -0.2) is 0 Å². The highest BCUT2D eigenvalue weighted by Gasteiger charge is 2.41. The van der Waals surface area contributed by atoms with Crippen molar-refractivity contribution < 1.29 is 9.90 Å². The zero-order valence-corrected chi connectivity index (χ0v) is 11.1. The van der Waals surface area contributed by atoms with Crippen LogP contribution < -0.4 is 5.32 Å². The maximum absolute atomic E-state index is 12.0. The number of rotatable bonds is 5. The summed E-state index contributed by atoms with van der Waals surface area (Å²) in [4.78, 5) is 12.0. The Morgan fingerprint density at radius 3 is 2.72 bits per heavy atom. The molecule has 0 unspecified atom stereocenters. The largest absolute Gasteiger partial charge is 0.507 e. The number of nitrogens with one attached hydrogen (secondary N) is 1. The predicted molar refractivity (Wildman–Crippen MR) is 71.8 cm³/mol. The molecule has 3 heteroatoms. The highest BCUT2D eigenvalue weighted by Crippen LogP contribution is 2.48. The van der Waals surface area contributed by atoms with Crippen molar-refractivity contribution in [3.05, 3.63) is 29.3 Å². The van der Waals surface area contributed by atoms with Crippen LogP contribution in [0.5, 0.6) is 5.75 Å². The summed E-state index contributed by atoms with van der Waals surface area (Å²) in [6.45, 7) is 4.79. The van der Waals surface area contributed by atoms with Crippen molar-refractivity contribution in [2.45, 2.75) is 39.5 Å². The number of benzene rings is 1. The van der Waals surface area contributed by atoms with E-state index in [2.05, 4.69) is 12.2 Å². The van der Waals surface area contributed by atoms with E-state index in [4.69, 9.17) is 0 Å². The minimum Gasteiger partial charge on any atom is -0.507 e. The van der Waals surface area contributed by atoms with E-state index < -0.39 is 0 Å². The molecule has 1 amide bonds. The molecule has 0 saturated heterocycles. The third kappa shape index (κ3) is 2.84. The maximum Gasteiger partial charge on any atom is 0.255 e. The number of aromatic hydroxyl groups is 1. The van der Waals surface area contributed by atoms with Crippen molar-refractivity contribution in [3.8, 4) is 5.75 Å². The second-order valence-corrected chi connectivity index (χ2v) is 5.45. The quantitative estimate of drug-likeness (QED) is 0.840. The van der Waals surface area contributed by atoms with E-state index in [9.17, 15) is 9.90 Å². The van der Waals surface area contributed by atoms with E-state index in [1.54, 1.807) is 12.1 Å². The Bertz CT molecular complexity index is 450. The van der Waals surface area contributed by atoms with Crippen LogP contribution >= 0.6 is 0 Å². The van der Waals surface area contributed by atoms with Gasteiger partial charge in [0.2, 0.25) is 0 Å². The molecule has 1 saturated carbocycles. The number of phenols is 1. The lowest BCUT2D eigenvalue weighted by atomic mass is 10.0. The summed E-state index contributed by atoms with van der Waals surface area (Å²) in [5.74, 6) is -0.109. The molecule has 1 aliphatic carbocycles. The van der Waals surface area contributed by atoms with E-state index in [1.165, 1.54) is 19.3 Å². The fourth-order valence-corrected chi connectivity index (χ4v) is 2.42. The third-order valence-corrected chi connectivity index (χ3v) is 3.76. The molecule has 0 radical (unpaired) electrons. The van der Waals surface area contributed by atoms with Gasteiger partial charge in [-0.15, -0.1) is 0 Å². The summed E-state index contributed by atoms with van der Waals surface area (Å²) >= 11 is 0. The summed E-state index contributed by atoms with van der Waals surface area (Å²) in [5.41, 5.74) is 1.66. The molecule has 1 aromatic carbocycles. The molecule has 18 heavy (non-hydrogen) atoms. The highest BCUT2D eigenvalue weighted by atomic mass is 16.3. The standard InChI is InChI=1S/C15H21NO2/c1-3-6-15(7-8-15)10-16-14(18)12-5-4-11(2)9-13(12)17/h4-5,9,17H,3,6-8,10H2,1-2H3,(H,16,18). The Labute approximate surface area is 108 Å². The van der Waals surface area contributed by atoms with Gasteiger partial charge in [-0.1, -0.05) is 19.4 Å². The monoisotopic (exact) mass is 247 g/mol. The molecule has 0 spiro atoms. The molecule has 1 aliphatic rings. The molecule has 2 N–H and O–H groups in total. The number of carbonyl (C=O) groups is 1. The van der Waals surface area contributed by atoms with Crippen LogP contribution in [0.25, 0.3) is 0 Å². The molecule has 3 nitrogen and oxygen atoms in total. The van der Waals surface area contributed by atoms with Crippen molar-refractivity contribution >= 4 is 5.91 Å². The molecule has 1 aromatic rings. The van der Waals surface area contributed by atoms with E-state index in [-0.39, 0.29) is 11.7 Å². The summed E-state index contributed by atoms with van der Waals surface area (Å²) in [6, 6.07) is 5.14. The molecule has 0 aromatic heterocycles. The molecule has 0 aliphatic heterocycles. The number of phenolic OH excluding ortho intramolecular Hbond substituents is 1. The second kappa shape index (κ2) is 5.01. The molecular weight excluding hydrogens is 226 g/mol. The first-order chi connectivity index (χ1) is 8.56. The van der Waals surface area contributed by atoms with E-state index in [1.807, 2.05) is 13.0 Å². The molecular formula is C15H21NO2. The molecule has 1 fully saturated rings. The Kier molecular flexibility index (Phi) is 3.60. The van der Waals surface area contributed by atoms with Gasteiger partial charge in [0.1, 0.15) is 5.75 Å². The van der Waals surface area contributed by atoms with Gasteiger partial charge < -0.3 is 10.4 Å². The summed E-state index contributed by atoms with van der Waals surface area (Å²) < 4.78 is 0. The van der Waals surface area contributed by atoms with Crippen molar-refractivity contribution in [2.75, 3.05) is 6.54 Å². The van der Waals surface area contributed by atoms with Gasteiger partial charge in [0.05, 0.1) is 5.56 Å². The van der Waals surface area contributed by atoms with Crippen LogP contribution in [0.1, 0.15) is 48.5 Å². The van der Waals surface area contributed by atoms with Gasteiger partial charge in [0.15, 0.2) is 0 Å². The van der Waals surface area contributed by atoms with Gasteiger partial charge >= 0.3 is 0 Å². The van der Waals surface area contributed by atoms with E-state index in [0.29, 0.717) is 11.0 Å². The third-order valence-electron chi connectivity index (χ3n) is 3.76. The van der Waals surface area contributed by atoms with Crippen LogP contribution in [-0.2, 0) is 0 Å². The Balaban J connectivity index is 1.96. The first-order valence-electron chi connectivity index (χ1n) is 6.64.